The first-order valence-electron chi connectivity index (χ1n) is 11.5. The van der Waals surface area contributed by atoms with Crippen molar-refractivity contribution in [2.75, 3.05) is 63.5 Å². The van der Waals surface area contributed by atoms with E-state index in [4.69, 9.17) is 18.9 Å². The lowest BCUT2D eigenvalue weighted by molar-refractivity contribution is -0.139. The van der Waals surface area contributed by atoms with Crippen molar-refractivity contribution in [3.8, 4) is 0 Å². The zero-order chi connectivity index (χ0) is 26.2. The van der Waals surface area contributed by atoms with E-state index in [0.29, 0.717) is 55.8 Å². The predicted octanol–water partition coefficient (Wildman–Crippen LogP) is 2.53. The lowest BCUT2D eigenvalue weighted by Crippen LogP contribution is -2.35. The van der Waals surface area contributed by atoms with E-state index in [9.17, 15) is 19.5 Å². The van der Waals surface area contributed by atoms with Crippen LogP contribution in [0.15, 0.2) is 24.3 Å². The molecule has 1 heterocycles. The van der Waals surface area contributed by atoms with E-state index in [2.05, 4.69) is 15.6 Å². The van der Waals surface area contributed by atoms with Gasteiger partial charge in [-0.3, -0.25) is 10.1 Å². The number of hydrogen-bond donors (Lipinski definition) is 3. The van der Waals surface area contributed by atoms with Gasteiger partial charge in [0, 0.05) is 17.0 Å². The maximum Gasteiger partial charge on any atom is 0.328 e. The Bertz CT molecular complexity index is 949. The molecule has 0 radical (unpaired) electrons. The number of para-hydroxylation sites is 1. The molecule has 0 aliphatic heterocycles. The average molecular weight is 524 g/mol. The molecule has 11 nitrogen and oxygen atoms in total. The van der Waals surface area contributed by atoms with Gasteiger partial charge in [0.2, 0.25) is 0 Å². The Labute approximate surface area is 214 Å². The molecule has 1 amide bonds. The number of ether oxygens (including phenoxy) is 4. The number of benzene rings is 1. The van der Waals surface area contributed by atoms with E-state index in [-0.39, 0.29) is 25.7 Å². The van der Waals surface area contributed by atoms with Gasteiger partial charge in [0.15, 0.2) is 5.13 Å². The van der Waals surface area contributed by atoms with Crippen LogP contribution < -0.4 is 10.6 Å². The van der Waals surface area contributed by atoms with E-state index >= 15 is 0 Å². The summed E-state index contributed by atoms with van der Waals surface area (Å²) < 4.78 is 21.4. The molecule has 0 saturated heterocycles. The number of carboxylic acids is 1. The monoisotopic (exact) mass is 523 g/mol. The molecule has 198 valence electrons. The molecular formula is C24H33N3O8S. The van der Waals surface area contributed by atoms with Crippen molar-refractivity contribution in [2.24, 2.45) is 0 Å². The van der Waals surface area contributed by atoms with Gasteiger partial charge in [0.05, 0.1) is 64.1 Å². The number of aliphatic carboxylic acids is 1. The number of rotatable bonds is 19. The molecule has 2 rings (SSSR count). The van der Waals surface area contributed by atoms with Gasteiger partial charge in [-0.15, -0.1) is 11.3 Å². The van der Waals surface area contributed by atoms with Crippen LogP contribution in [-0.2, 0) is 28.5 Å². The molecule has 3 N–H and O–H groups in total. The van der Waals surface area contributed by atoms with E-state index in [1.54, 1.807) is 24.3 Å². The van der Waals surface area contributed by atoms with Gasteiger partial charge >= 0.3 is 5.97 Å². The molecule has 0 aliphatic rings. The van der Waals surface area contributed by atoms with Gasteiger partial charge in [-0.25, -0.2) is 9.78 Å². The van der Waals surface area contributed by atoms with Crippen LogP contribution in [0.5, 0.6) is 0 Å². The van der Waals surface area contributed by atoms with E-state index in [0.717, 1.165) is 16.9 Å². The molecule has 0 bridgehead atoms. The molecule has 0 fully saturated rings. The van der Waals surface area contributed by atoms with Crippen LogP contribution in [0.25, 0.3) is 0 Å². The van der Waals surface area contributed by atoms with Gasteiger partial charge in [-0.2, -0.15) is 0 Å². The van der Waals surface area contributed by atoms with Crippen molar-refractivity contribution in [2.45, 2.75) is 26.3 Å². The highest BCUT2D eigenvalue weighted by atomic mass is 32.1. The molecule has 12 heteroatoms. The van der Waals surface area contributed by atoms with E-state index < -0.39 is 12.0 Å². The van der Waals surface area contributed by atoms with Crippen LogP contribution in [-0.4, -0.2) is 87.2 Å². The normalized spacial score (nSPS) is 11.7. The first-order chi connectivity index (χ1) is 17.4. The summed E-state index contributed by atoms with van der Waals surface area (Å²) in [7, 11) is 0. The topological polar surface area (TPSA) is 145 Å². The summed E-state index contributed by atoms with van der Waals surface area (Å²) in [4.78, 5) is 40.0. The van der Waals surface area contributed by atoms with Gasteiger partial charge in [0.25, 0.3) is 5.91 Å². The quantitative estimate of drug-likeness (QED) is 0.185. The molecule has 0 aliphatic carbocycles. The Morgan fingerprint density at radius 3 is 2.19 bits per heavy atom. The van der Waals surface area contributed by atoms with Crippen molar-refractivity contribution in [3.63, 3.8) is 0 Å². The standard InChI is InChI=1S/C24H33N3O8S/c1-17-18(2)36-24(25-17)27-22(29)19-6-3-4-7-20(19)26-21(23(30)31)16-35-15-14-34-13-12-33-11-10-32-9-5-8-28/h3-4,6-8,21,26H,5,9-16H2,1-2H3,(H,30,31)(H,25,27,29). The fourth-order valence-electron chi connectivity index (χ4n) is 2.85. The molecule has 0 spiro atoms. The lowest BCUT2D eigenvalue weighted by Gasteiger charge is -2.18. The summed E-state index contributed by atoms with van der Waals surface area (Å²) in [6, 6.07) is 5.60. The minimum Gasteiger partial charge on any atom is -0.480 e. The Morgan fingerprint density at radius 2 is 1.61 bits per heavy atom. The van der Waals surface area contributed by atoms with Crippen molar-refractivity contribution in [3.05, 3.63) is 40.4 Å². The molecule has 36 heavy (non-hydrogen) atoms. The highest BCUT2D eigenvalue weighted by Gasteiger charge is 2.21. The number of hydrogen-bond acceptors (Lipinski definition) is 10. The number of carboxylic acid groups (broad SMARTS) is 1. The zero-order valence-electron chi connectivity index (χ0n) is 20.5. The Hall–Kier alpha value is -2.90. The number of carbonyl (C=O) groups excluding carboxylic acids is 2. The number of nitrogens with one attached hydrogen (secondary N) is 2. The minimum absolute atomic E-state index is 0.117. The van der Waals surface area contributed by atoms with Crippen LogP contribution in [0.2, 0.25) is 0 Å². The van der Waals surface area contributed by atoms with Crippen molar-refractivity contribution in [1.29, 1.82) is 0 Å². The fraction of sp³-hybridized carbons (Fsp3) is 0.500. The van der Waals surface area contributed by atoms with Crippen LogP contribution in [0.3, 0.4) is 0 Å². The Morgan fingerprint density at radius 1 is 1.00 bits per heavy atom. The lowest BCUT2D eigenvalue weighted by atomic mass is 10.1. The maximum absolute atomic E-state index is 12.8. The second kappa shape index (κ2) is 16.7. The number of aryl methyl sites for hydroxylation is 2. The maximum atomic E-state index is 12.8. The summed E-state index contributed by atoms with van der Waals surface area (Å²) in [5.74, 6) is -1.50. The first kappa shape index (κ1) is 29.3. The first-order valence-corrected chi connectivity index (χ1v) is 12.3. The third-order valence-corrected chi connectivity index (χ3v) is 5.82. The third-order valence-electron chi connectivity index (χ3n) is 4.83. The molecule has 1 atom stereocenters. The van der Waals surface area contributed by atoms with Crippen LogP contribution in [0.4, 0.5) is 10.8 Å². The van der Waals surface area contributed by atoms with Crippen LogP contribution in [0, 0.1) is 13.8 Å². The molecule has 2 aromatic rings. The number of carbonyl (C=O) groups is 3. The van der Waals surface area contributed by atoms with Gasteiger partial charge in [0.1, 0.15) is 12.3 Å². The van der Waals surface area contributed by atoms with E-state index in [1.165, 1.54) is 11.3 Å². The molecule has 1 aromatic carbocycles. The Kier molecular flexibility index (Phi) is 13.6. The summed E-state index contributed by atoms with van der Waals surface area (Å²) in [6.07, 6.45) is 1.17. The van der Waals surface area contributed by atoms with Crippen LogP contribution in [0.1, 0.15) is 27.3 Å². The second-order valence-electron chi connectivity index (χ2n) is 7.56. The molecule has 1 unspecified atom stereocenters. The number of amides is 1. The number of aromatic nitrogens is 1. The van der Waals surface area contributed by atoms with E-state index in [1.807, 2.05) is 13.8 Å². The Balaban J connectivity index is 1.71. The van der Waals surface area contributed by atoms with Crippen LogP contribution >= 0.6 is 11.3 Å². The number of anilines is 2. The summed E-state index contributed by atoms with van der Waals surface area (Å²) in [5.41, 5.74) is 1.52. The average Bonchev–Trinajstić information content (AvgIpc) is 3.17. The molecule has 1 aromatic heterocycles. The predicted molar refractivity (Wildman–Crippen MR) is 135 cm³/mol. The largest absolute Gasteiger partial charge is 0.480 e. The third kappa shape index (κ3) is 10.8. The van der Waals surface area contributed by atoms with Gasteiger partial charge < -0.3 is 34.2 Å². The number of thiazole rings is 1. The smallest absolute Gasteiger partial charge is 0.328 e. The summed E-state index contributed by atoms with van der Waals surface area (Å²) in [5, 5.41) is 15.7. The SMILES string of the molecule is Cc1nc(NC(=O)c2ccccc2NC(COCCOCCOCCOCCC=O)C(=O)O)sc1C. The highest BCUT2D eigenvalue weighted by molar-refractivity contribution is 7.15. The van der Waals surface area contributed by atoms with Crippen molar-refractivity contribution < 1.29 is 38.4 Å². The van der Waals surface area contributed by atoms with Crippen molar-refractivity contribution >= 4 is 40.3 Å². The molecule has 0 saturated carbocycles. The fourth-order valence-corrected chi connectivity index (χ4v) is 3.66. The zero-order valence-corrected chi connectivity index (χ0v) is 21.3. The van der Waals surface area contributed by atoms with Gasteiger partial charge in [-0.1, -0.05) is 12.1 Å². The number of aldehydes is 1. The van der Waals surface area contributed by atoms with Gasteiger partial charge in [-0.05, 0) is 26.0 Å². The van der Waals surface area contributed by atoms with Crippen molar-refractivity contribution in [1.82, 2.24) is 4.98 Å². The highest BCUT2D eigenvalue weighted by Crippen LogP contribution is 2.23. The summed E-state index contributed by atoms with van der Waals surface area (Å²) >= 11 is 1.37. The summed E-state index contributed by atoms with van der Waals surface area (Å²) in [6.45, 7) is 6.10. The molecular weight excluding hydrogens is 490 g/mol. The second-order valence-corrected chi connectivity index (χ2v) is 8.77. The number of nitrogens with zero attached hydrogens (tertiary/aromatic N) is 1. The minimum atomic E-state index is -1.11.